The van der Waals surface area contributed by atoms with Crippen molar-refractivity contribution in [3.8, 4) is 0 Å². The number of benzene rings is 2. The molecular weight excluding hydrogens is 410 g/mol. The first kappa shape index (κ1) is 21.2. The zero-order valence-electron chi connectivity index (χ0n) is 19.2. The van der Waals surface area contributed by atoms with Gasteiger partial charge in [-0.1, -0.05) is 24.3 Å². The lowest BCUT2D eigenvalue weighted by Gasteiger charge is -2.29. The molecule has 5 rings (SSSR count). The summed E-state index contributed by atoms with van der Waals surface area (Å²) in [5.41, 5.74) is 7.54. The molecule has 7 heteroatoms. The lowest BCUT2D eigenvalue weighted by molar-refractivity contribution is 0.165. The molecule has 3 heterocycles. The van der Waals surface area contributed by atoms with Gasteiger partial charge in [-0.2, -0.15) is 5.10 Å². The summed E-state index contributed by atoms with van der Waals surface area (Å²) >= 11 is 0. The van der Waals surface area contributed by atoms with Gasteiger partial charge in [0.15, 0.2) is 0 Å². The largest absolute Gasteiger partial charge is 0.287 e. The van der Waals surface area contributed by atoms with E-state index in [0.717, 1.165) is 51.4 Å². The van der Waals surface area contributed by atoms with Gasteiger partial charge in [-0.05, 0) is 51.1 Å². The average molecular weight is 438 g/mol. The molecule has 0 unspecified atom stereocenters. The Morgan fingerprint density at radius 3 is 1.67 bits per heavy atom. The molecule has 2 aromatic carbocycles. The van der Waals surface area contributed by atoms with Gasteiger partial charge >= 0.3 is 0 Å². The number of hydrogen-bond acceptors (Lipinski definition) is 6. The molecule has 3 aromatic heterocycles. The third-order valence-corrected chi connectivity index (χ3v) is 6.03. The minimum absolute atomic E-state index is 0.199. The monoisotopic (exact) mass is 437 g/mol. The molecule has 0 aliphatic carbocycles. The van der Waals surface area contributed by atoms with Gasteiger partial charge in [-0.25, -0.2) is 19.9 Å². The number of aromatic nitrogens is 6. The van der Waals surface area contributed by atoms with Crippen LogP contribution in [0, 0.1) is 13.8 Å². The van der Waals surface area contributed by atoms with Gasteiger partial charge < -0.3 is 0 Å². The molecule has 0 saturated carbocycles. The number of para-hydroxylation sites is 4. The van der Waals surface area contributed by atoms with Crippen LogP contribution in [0.5, 0.6) is 0 Å². The third-order valence-electron chi connectivity index (χ3n) is 6.03. The van der Waals surface area contributed by atoms with Crippen molar-refractivity contribution in [3.63, 3.8) is 0 Å². The zero-order valence-corrected chi connectivity index (χ0v) is 19.2. The summed E-state index contributed by atoms with van der Waals surface area (Å²) in [6.07, 6.45) is 3.81. The Bertz CT molecular complexity index is 1310. The van der Waals surface area contributed by atoms with E-state index >= 15 is 0 Å². The maximum absolute atomic E-state index is 4.95. The maximum Gasteiger partial charge on any atom is 0.0890 e. The molecule has 0 radical (unpaired) electrons. The van der Waals surface area contributed by atoms with E-state index in [9.17, 15) is 0 Å². The molecular formula is C26H27N7. The molecule has 5 aromatic rings. The highest BCUT2D eigenvalue weighted by atomic mass is 15.3. The molecule has 0 aliphatic heterocycles. The van der Waals surface area contributed by atoms with Crippen molar-refractivity contribution in [2.45, 2.75) is 46.4 Å². The Balaban J connectivity index is 1.49. The minimum Gasteiger partial charge on any atom is -0.287 e. The van der Waals surface area contributed by atoms with Gasteiger partial charge in [0, 0.05) is 31.5 Å². The van der Waals surface area contributed by atoms with Gasteiger partial charge in [0.2, 0.25) is 0 Å². The number of rotatable bonds is 7. The Kier molecular flexibility index (Phi) is 5.79. The van der Waals surface area contributed by atoms with Crippen LogP contribution < -0.4 is 0 Å². The van der Waals surface area contributed by atoms with Crippen LogP contribution in [-0.2, 0) is 19.6 Å². The molecule has 0 N–H and O–H groups in total. The van der Waals surface area contributed by atoms with E-state index in [1.165, 1.54) is 0 Å². The van der Waals surface area contributed by atoms with Crippen LogP contribution in [0.15, 0.2) is 67.0 Å². The summed E-state index contributed by atoms with van der Waals surface area (Å²) in [5, 5.41) is 4.40. The van der Waals surface area contributed by atoms with Crippen molar-refractivity contribution in [1.82, 2.24) is 34.6 Å². The lowest BCUT2D eigenvalue weighted by atomic mass is 10.1. The first-order valence-electron chi connectivity index (χ1n) is 11.2. The van der Waals surface area contributed by atoms with Gasteiger partial charge in [0.25, 0.3) is 0 Å². The Morgan fingerprint density at radius 2 is 1.21 bits per heavy atom. The average Bonchev–Trinajstić information content (AvgIpc) is 3.32. The smallest absolute Gasteiger partial charge is 0.0890 e. The lowest BCUT2D eigenvalue weighted by Crippen LogP contribution is -2.36. The maximum atomic E-state index is 4.95. The Hall–Kier alpha value is -3.71. The number of aryl methyl sites for hydroxylation is 2. The number of fused-ring (bicyclic) bond motifs is 2. The van der Waals surface area contributed by atoms with Gasteiger partial charge in [-0.15, -0.1) is 0 Å². The highest BCUT2D eigenvalue weighted by Crippen LogP contribution is 2.20. The number of nitrogens with zero attached hydrogens (tertiary/aromatic N) is 7. The molecule has 1 atom stereocenters. The van der Waals surface area contributed by atoms with E-state index in [0.29, 0.717) is 13.1 Å². The highest BCUT2D eigenvalue weighted by Gasteiger charge is 2.20. The first-order chi connectivity index (χ1) is 16.1. The van der Waals surface area contributed by atoms with E-state index in [-0.39, 0.29) is 6.04 Å². The third kappa shape index (κ3) is 4.59. The number of hydrogen-bond donors (Lipinski definition) is 0. The predicted molar refractivity (Wildman–Crippen MR) is 129 cm³/mol. The molecule has 0 fully saturated rings. The summed E-state index contributed by atoms with van der Waals surface area (Å²) < 4.78 is 1.97. The second-order valence-electron chi connectivity index (χ2n) is 8.47. The molecule has 0 spiro atoms. The molecule has 0 aliphatic rings. The second-order valence-corrected chi connectivity index (χ2v) is 8.47. The van der Waals surface area contributed by atoms with Crippen molar-refractivity contribution in [3.05, 3.63) is 89.8 Å². The Labute approximate surface area is 193 Å². The van der Waals surface area contributed by atoms with E-state index in [2.05, 4.69) is 16.9 Å². The molecule has 33 heavy (non-hydrogen) atoms. The van der Waals surface area contributed by atoms with Gasteiger partial charge in [0.05, 0.1) is 51.4 Å². The fourth-order valence-electron chi connectivity index (χ4n) is 4.10. The standard InChI is InChI=1S/C26H27N7/c1-18(15-33-14-8-13-27-33)32(16-25-19(2)28-21-9-4-6-11-23(21)30-25)17-26-20(3)29-22-10-5-7-12-24(22)31-26/h4-14,18H,15-17H2,1-3H3/t18-/m1/s1. The summed E-state index contributed by atoms with van der Waals surface area (Å²) in [6, 6.07) is 18.2. The van der Waals surface area contributed by atoms with Crippen LogP contribution >= 0.6 is 0 Å². The minimum atomic E-state index is 0.199. The van der Waals surface area contributed by atoms with Crippen molar-refractivity contribution < 1.29 is 0 Å². The van der Waals surface area contributed by atoms with Crippen LogP contribution in [0.2, 0.25) is 0 Å². The predicted octanol–water partition coefficient (Wildman–Crippen LogP) is 4.48. The van der Waals surface area contributed by atoms with E-state index in [1.807, 2.05) is 85.5 Å². The van der Waals surface area contributed by atoms with Gasteiger partial charge in [0.1, 0.15) is 0 Å². The van der Waals surface area contributed by atoms with E-state index in [1.54, 1.807) is 0 Å². The van der Waals surface area contributed by atoms with E-state index in [4.69, 9.17) is 19.9 Å². The van der Waals surface area contributed by atoms with Crippen molar-refractivity contribution in [2.75, 3.05) is 0 Å². The highest BCUT2D eigenvalue weighted by molar-refractivity contribution is 5.74. The summed E-state index contributed by atoms with van der Waals surface area (Å²) in [5.74, 6) is 0. The summed E-state index contributed by atoms with van der Waals surface area (Å²) in [4.78, 5) is 21.9. The van der Waals surface area contributed by atoms with Crippen LogP contribution in [-0.4, -0.2) is 40.7 Å². The SMILES string of the molecule is Cc1nc2ccccc2nc1CN(Cc1nc2ccccc2nc1C)[C@H](C)Cn1cccn1. The van der Waals surface area contributed by atoms with Crippen molar-refractivity contribution >= 4 is 22.1 Å². The van der Waals surface area contributed by atoms with Crippen LogP contribution in [0.4, 0.5) is 0 Å². The summed E-state index contributed by atoms with van der Waals surface area (Å²) in [7, 11) is 0. The zero-order chi connectivity index (χ0) is 22.8. The molecule has 0 saturated heterocycles. The van der Waals surface area contributed by atoms with Crippen LogP contribution in [0.3, 0.4) is 0 Å². The Morgan fingerprint density at radius 1 is 0.727 bits per heavy atom. The first-order valence-corrected chi connectivity index (χ1v) is 11.2. The van der Waals surface area contributed by atoms with E-state index < -0.39 is 0 Å². The van der Waals surface area contributed by atoms with Crippen LogP contribution in [0.1, 0.15) is 29.7 Å². The van der Waals surface area contributed by atoms with Gasteiger partial charge in [-0.3, -0.25) is 9.58 Å². The van der Waals surface area contributed by atoms with Crippen LogP contribution in [0.25, 0.3) is 22.1 Å². The normalized spacial score (nSPS) is 12.6. The molecule has 0 bridgehead atoms. The molecule has 166 valence electrons. The second kappa shape index (κ2) is 9.03. The summed E-state index contributed by atoms with van der Waals surface area (Å²) in [6.45, 7) is 8.39. The topological polar surface area (TPSA) is 72.6 Å². The van der Waals surface area contributed by atoms with Crippen molar-refractivity contribution in [1.29, 1.82) is 0 Å². The molecule has 7 nitrogen and oxygen atoms in total. The molecule has 0 amide bonds. The quantitative estimate of drug-likeness (QED) is 0.374. The van der Waals surface area contributed by atoms with Crippen molar-refractivity contribution in [2.24, 2.45) is 0 Å². The fraction of sp³-hybridized carbons (Fsp3) is 0.269. The fourth-order valence-corrected chi connectivity index (χ4v) is 4.10.